The van der Waals surface area contributed by atoms with Crippen molar-refractivity contribution in [3.63, 3.8) is 0 Å². The van der Waals surface area contributed by atoms with Gasteiger partial charge in [-0.2, -0.15) is 0 Å². The monoisotopic (exact) mass is 616 g/mol. The molecule has 4 fully saturated rings. The van der Waals surface area contributed by atoms with Crippen molar-refractivity contribution in [3.05, 3.63) is 82.2 Å². The van der Waals surface area contributed by atoms with Crippen LogP contribution < -0.4 is 0 Å². The second-order valence-electron chi connectivity index (χ2n) is 15.2. The minimum absolute atomic E-state index is 0.0762. The van der Waals surface area contributed by atoms with Crippen molar-refractivity contribution in [1.29, 1.82) is 0 Å². The molecule has 0 spiro atoms. The molecular weight excluding hydrogens is 568 g/mol. The molecule has 9 atom stereocenters. The predicted octanol–water partition coefficient (Wildman–Crippen LogP) is 7.15. The lowest BCUT2D eigenvalue weighted by atomic mass is 9.65. The first-order chi connectivity index (χ1) is 22.5. The second kappa shape index (κ2) is 10.8. The Morgan fingerprint density at radius 2 is 1.83 bits per heavy atom. The molecule has 46 heavy (non-hydrogen) atoms. The summed E-state index contributed by atoms with van der Waals surface area (Å²) in [6, 6.07) is 16.8. The van der Waals surface area contributed by atoms with Gasteiger partial charge in [0.05, 0.1) is 13.0 Å². The number of hydrogen-bond donors (Lipinski definition) is 2. The van der Waals surface area contributed by atoms with E-state index in [0.717, 1.165) is 37.6 Å². The third-order valence-electron chi connectivity index (χ3n) is 13.2. The van der Waals surface area contributed by atoms with Gasteiger partial charge in [-0.05, 0) is 92.7 Å². The number of nitrogens with zero attached hydrogens (tertiary/aromatic N) is 2. The highest BCUT2D eigenvalue weighted by Gasteiger charge is 2.49. The smallest absolute Gasteiger partial charge is 0.310 e. The van der Waals surface area contributed by atoms with Gasteiger partial charge in [0.15, 0.2) is 0 Å². The molecule has 1 saturated carbocycles. The van der Waals surface area contributed by atoms with E-state index in [0.29, 0.717) is 12.0 Å². The SMILES string of the molecule is C/C=C1/CN(C)[C@H]2Cc3c([nH]c4ccccc34)[C@@H](c3ccc4c5c([nH]c4c3)[C@@H]3C[C@H]4C[C@H](CC)[C@@H]3N(CC5)C4)C[C@@H]1[C@@H]2C(=O)OC. The summed E-state index contributed by atoms with van der Waals surface area (Å²) in [7, 11) is 3.74. The Balaban J connectivity index is 1.19. The topological polar surface area (TPSA) is 64.4 Å². The molecule has 3 saturated heterocycles. The van der Waals surface area contributed by atoms with Gasteiger partial charge in [0.1, 0.15) is 0 Å². The molecule has 10 rings (SSSR count). The molecule has 6 bridgehead atoms. The van der Waals surface area contributed by atoms with Crippen molar-refractivity contribution >= 4 is 27.8 Å². The third kappa shape index (κ3) is 4.18. The fourth-order valence-corrected chi connectivity index (χ4v) is 11.2. The van der Waals surface area contributed by atoms with Crippen molar-refractivity contribution in [2.75, 3.05) is 33.8 Å². The predicted molar refractivity (Wildman–Crippen MR) is 184 cm³/mol. The zero-order valence-electron chi connectivity index (χ0n) is 27.8. The molecule has 6 heteroatoms. The molecule has 2 aromatic carbocycles. The normalized spacial score (nSPS) is 34.6. The summed E-state index contributed by atoms with van der Waals surface area (Å²) < 4.78 is 5.54. The number of methoxy groups -OCH3 is 1. The van der Waals surface area contributed by atoms with Crippen LogP contribution in [0.2, 0.25) is 0 Å². The van der Waals surface area contributed by atoms with E-state index < -0.39 is 0 Å². The van der Waals surface area contributed by atoms with Crippen molar-refractivity contribution in [2.45, 2.75) is 76.3 Å². The van der Waals surface area contributed by atoms with Gasteiger partial charge >= 0.3 is 5.97 Å². The first-order valence-corrected chi connectivity index (χ1v) is 17.9. The van der Waals surface area contributed by atoms with E-state index in [1.807, 2.05) is 0 Å². The second-order valence-corrected chi connectivity index (χ2v) is 15.2. The molecule has 4 aromatic rings. The summed E-state index contributed by atoms with van der Waals surface area (Å²) in [4.78, 5) is 26.9. The van der Waals surface area contributed by atoms with Gasteiger partial charge in [0, 0.05) is 76.7 Å². The van der Waals surface area contributed by atoms with Crippen LogP contribution in [-0.4, -0.2) is 71.6 Å². The molecule has 2 aliphatic carbocycles. The minimum Gasteiger partial charge on any atom is -0.469 e. The fraction of sp³-hybridized carbons (Fsp3) is 0.525. The number of rotatable bonds is 3. The largest absolute Gasteiger partial charge is 0.469 e. The molecule has 0 radical (unpaired) electrons. The van der Waals surface area contributed by atoms with Crippen LogP contribution in [0.5, 0.6) is 0 Å². The lowest BCUT2D eigenvalue weighted by molar-refractivity contribution is -0.151. The number of para-hydroxylation sites is 1. The van der Waals surface area contributed by atoms with Crippen LogP contribution in [0.4, 0.5) is 0 Å². The molecule has 6 aliphatic rings. The van der Waals surface area contributed by atoms with Crippen molar-refractivity contribution < 1.29 is 9.53 Å². The minimum atomic E-state index is -0.194. The number of carbonyl (C=O) groups excluding carboxylic acids is 1. The van der Waals surface area contributed by atoms with Gasteiger partial charge < -0.3 is 14.7 Å². The lowest BCUT2D eigenvalue weighted by Crippen LogP contribution is -2.56. The van der Waals surface area contributed by atoms with Gasteiger partial charge in [-0.25, -0.2) is 0 Å². The van der Waals surface area contributed by atoms with E-state index in [1.54, 1.807) is 12.7 Å². The maximum atomic E-state index is 13.6. The number of carbonyl (C=O) groups is 1. The quantitative estimate of drug-likeness (QED) is 0.190. The van der Waals surface area contributed by atoms with Crippen LogP contribution in [0.1, 0.15) is 79.4 Å². The highest BCUT2D eigenvalue weighted by atomic mass is 16.5. The van der Waals surface area contributed by atoms with Crippen LogP contribution in [0.15, 0.2) is 54.1 Å². The number of benzene rings is 2. The summed E-state index contributed by atoms with van der Waals surface area (Å²) in [5.74, 6) is 2.30. The Kier molecular flexibility index (Phi) is 6.80. The Morgan fingerprint density at radius 1 is 1.00 bits per heavy atom. The number of aromatic nitrogens is 2. The Hall–Kier alpha value is -3.35. The van der Waals surface area contributed by atoms with Crippen molar-refractivity contribution in [3.8, 4) is 0 Å². The zero-order chi connectivity index (χ0) is 31.3. The van der Waals surface area contributed by atoms with E-state index in [1.165, 1.54) is 82.2 Å². The summed E-state index contributed by atoms with van der Waals surface area (Å²) in [6.07, 6.45) is 9.16. The summed E-state index contributed by atoms with van der Waals surface area (Å²) >= 11 is 0. The van der Waals surface area contributed by atoms with Gasteiger partial charge in [0.25, 0.3) is 0 Å². The first kappa shape index (κ1) is 28.8. The van der Waals surface area contributed by atoms with Crippen LogP contribution in [-0.2, 0) is 22.4 Å². The van der Waals surface area contributed by atoms with Crippen LogP contribution in [0.25, 0.3) is 21.8 Å². The highest BCUT2D eigenvalue weighted by Crippen LogP contribution is 2.52. The number of likely N-dealkylation sites (N-methyl/N-ethyl adjacent to an activating group) is 1. The summed E-state index contributed by atoms with van der Waals surface area (Å²) in [5, 5.41) is 2.70. The molecule has 240 valence electrons. The van der Waals surface area contributed by atoms with E-state index in [2.05, 4.69) is 89.2 Å². The third-order valence-corrected chi connectivity index (χ3v) is 13.2. The number of aromatic amines is 2. The van der Waals surface area contributed by atoms with Gasteiger partial charge in [-0.1, -0.05) is 55.3 Å². The summed E-state index contributed by atoms with van der Waals surface area (Å²) in [5.41, 5.74) is 11.0. The Labute approximate surface area is 272 Å². The molecule has 6 heterocycles. The highest BCUT2D eigenvalue weighted by molar-refractivity contribution is 5.88. The zero-order valence-corrected chi connectivity index (χ0v) is 27.8. The molecule has 4 aliphatic heterocycles. The number of H-pyrrole nitrogens is 2. The number of hydrogen-bond acceptors (Lipinski definition) is 4. The van der Waals surface area contributed by atoms with Crippen LogP contribution >= 0.6 is 0 Å². The average molecular weight is 617 g/mol. The van der Waals surface area contributed by atoms with E-state index in [-0.39, 0.29) is 29.8 Å². The number of likely N-dealkylation sites (tertiary alicyclic amines) is 1. The van der Waals surface area contributed by atoms with E-state index >= 15 is 0 Å². The first-order valence-electron chi connectivity index (χ1n) is 17.9. The Bertz CT molecular complexity index is 1870. The van der Waals surface area contributed by atoms with Crippen molar-refractivity contribution in [1.82, 2.24) is 19.8 Å². The molecule has 2 N–H and O–H groups in total. The van der Waals surface area contributed by atoms with E-state index in [4.69, 9.17) is 4.74 Å². The number of ether oxygens (including phenoxy) is 1. The van der Waals surface area contributed by atoms with Crippen molar-refractivity contribution in [2.24, 2.45) is 23.7 Å². The molecule has 2 aromatic heterocycles. The van der Waals surface area contributed by atoms with Gasteiger partial charge in [0.2, 0.25) is 0 Å². The molecule has 1 unspecified atom stereocenters. The number of piperidine rings is 3. The van der Waals surface area contributed by atoms with Crippen LogP contribution in [0.3, 0.4) is 0 Å². The number of esters is 1. The lowest BCUT2D eigenvalue weighted by Gasteiger charge is -2.53. The van der Waals surface area contributed by atoms with Crippen LogP contribution in [0, 0.1) is 23.7 Å². The summed E-state index contributed by atoms with van der Waals surface area (Å²) in [6.45, 7) is 7.93. The average Bonchev–Trinajstić information content (AvgIpc) is 3.60. The van der Waals surface area contributed by atoms with Gasteiger partial charge in [-0.15, -0.1) is 0 Å². The Morgan fingerprint density at radius 3 is 2.65 bits per heavy atom. The number of nitrogens with one attached hydrogen (secondary N) is 2. The molecule has 0 amide bonds. The maximum absolute atomic E-state index is 13.6. The number of allylic oxidation sites excluding steroid dienone is 1. The standard InChI is InChI=1S/C40H48N4O2/c1-5-23-15-22-16-32-37-28(13-14-44(20-22)39(23)32)27-12-11-25(17-34(27)42-37)30-18-29-24(6-2)21-43(3)35(36(29)40(45)46-4)19-31-26-9-7-8-10-33(26)41-38(30)31/h6-12,17,22-23,29-30,32,35-36,39,41-42H,5,13-16,18-21H2,1-4H3/b24-6-/t22-,23+,29+,30-,32+,35+,36+,39+/m1/s1. The van der Waals surface area contributed by atoms with E-state index in [9.17, 15) is 4.79 Å². The molecular formula is C40H48N4O2. The fourth-order valence-electron chi connectivity index (χ4n) is 11.2. The molecule has 6 nitrogen and oxygen atoms in total. The van der Waals surface area contributed by atoms with Gasteiger partial charge in [-0.3, -0.25) is 14.6 Å². The maximum Gasteiger partial charge on any atom is 0.310 e. The number of fused-ring (bicyclic) bond motifs is 9.